The Bertz CT molecular complexity index is 205. The molecule has 3 N–H and O–H groups in total. The van der Waals surface area contributed by atoms with E-state index in [2.05, 4.69) is 6.92 Å². The Balaban J connectivity index is 0. The molecule has 0 amide bonds. The van der Waals surface area contributed by atoms with Crippen molar-refractivity contribution in [3.63, 3.8) is 0 Å². The van der Waals surface area contributed by atoms with Gasteiger partial charge in [0, 0.05) is 10.9 Å². The third-order valence-corrected chi connectivity index (χ3v) is 4.09. The van der Waals surface area contributed by atoms with E-state index in [-0.39, 0.29) is 35.3 Å². The Kier molecular flexibility index (Phi) is 12.8. The average Bonchev–Trinajstić information content (AvgIpc) is 2.23. The van der Waals surface area contributed by atoms with Crippen molar-refractivity contribution in [1.29, 1.82) is 0 Å². The quantitative estimate of drug-likeness (QED) is 0.460. The normalized spacial score (nSPS) is 16.6. The molecule has 0 fully saturated rings. The highest BCUT2D eigenvalue weighted by Crippen LogP contribution is 2.30. The molecule has 0 aromatic rings. The molecule has 0 saturated heterocycles. The highest BCUT2D eigenvalue weighted by atomic mass is 35.5. The van der Waals surface area contributed by atoms with Gasteiger partial charge in [0.05, 0.1) is 6.10 Å². The minimum Gasteiger partial charge on any atom is -0.393 e. The summed E-state index contributed by atoms with van der Waals surface area (Å²) in [6, 6.07) is 0. The molecular formula is C15H33Cl2NO. The first-order chi connectivity index (χ1) is 8.29. The standard InChI is InChI=1S/C15H32ClNO.ClH/c1-5-6-7-8-9-10-14(16)13(11-12(2)18)15(3,4)17;/h12-14,18H,5-11,17H2,1-4H3;1H. The van der Waals surface area contributed by atoms with E-state index in [0.717, 1.165) is 6.42 Å². The highest BCUT2D eigenvalue weighted by Gasteiger charge is 2.32. The minimum absolute atomic E-state index is 0. The molecule has 0 aliphatic rings. The van der Waals surface area contributed by atoms with Crippen LogP contribution in [0.2, 0.25) is 0 Å². The fourth-order valence-electron chi connectivity index (χ4n) is 2.43. The van der Waals surface area contributed by atoms with Gasteiger partial charge in [-0.2, -0.15) is 0 Å². The summed E-state index contributed by atoms with van der Waals surface area (Å²) in [5, 5.41) is 9.63. The van der Waals surface area contributed by atoms with Gasteiger partial charge >= 0.3 is 0 Å². The van der Waals surface area contributed by atoms with Gasteiger partial charge in [-0.3, -0.25) is 0 Å². The van der Waals surface area contributed by atoms with Crippen LogP contribution >= 0.6 is 24.0 Å². The summed E-state index contributed by atoms with van der Waals surface area (Å²) in [5.41, 5.74) is 5.86. The second kappa shape index (κ2) is 11.2. The zero-order valence-corrected chi connectivity index (χ0v) is 14.6. The third-order valence-electron chi connectivity index (χ3n) is 3.57. The number of aliphatic hydroxyl groups is 1. The fraction of sp³-hybridized carbons (Fsp3) is 1.00. The summed E-state index contributed by atoms with van der Waals surface area (Å²) in [5.74, 6) is 0.172. The first-order valence-electron chi connectivity index (χ1n) is 7.40. The summed E-state index contributed by atoms with van der Waals surface area (Å²) >= 11 is 6.50. The van der Waals surface area contributed by atoms with E-state index in [1.807, 2.05) is 20.8 Å². The van der Waals surface area contributed by atoms with Gasteiger partial charge in [-0.25, -0.2) is 0 Å². The second-order valence-electron chi connectivity index (χ2n) is 6.23. The maximum absolute atomic E-state index is 9.56. The van der Waals surface area contributed by atoms with Crippen molar-refractivity contribution in [2.75, 3.05) is 0 Å². The number of nitrogens with two attached hydrogens (primary N) is 1. The van der Waals surface area contributed by atoms with E-state index in [1.165, 1.54) is 32.1 Å². The lowest BCUT2D eigenvalue weighted by Crippen LogP contribution is -2.46. The van der Waals surface area contributed by atoms with Crippen molar-refractivity contribution in [3.8, 4) is 0 Å². The van der Waals surface area contributed by atoms with Crippen molar-refractivity contribution < 1.29 is 5.11 Å². The lowest BCUT2D eigenvalue weighted by molar-refractivity contribution is 0.132. The Morgan fingerprint density at radius 1 is 1.16 bits per heavy atom. The van der Waals surface area contributed by atoms with E-state index in [9.17, 15) is 5.11 Å². The van der Waals surface area contributed by atoms with Crippen molar-refractivity contribution >= 4 is 24.0 Å². The van der Waals surface area contributed by atoms with Crippen LogP contribution in [0.1, 0.15) is 72.6 Å². The van der Waals surface area contributed by atoms with Gasteiger partial charge in [0.1, 0.15) is 0 Å². The van der Waals surface area contributed by atoms with Crippen LogP contribution < -0.4 is 5.73 Å². The van der Waals surface area contributed by atoms with Gasteiger partial charge in [-0.1, -0.05) is 39.0 Å². The molecule has 0 spiro atoms. The lowest BCUT2D eigenvalue weighted by atomic mass is 9.80. The largest absolute Gasteiger partial charge is 0.393 e. The van der Waals surface area contributed by atoms with Gasteiger partial charge < -0.3 is 10.8 Å². The maximum Gasteiger partial charge on any atom is 0.0516 e. The molecule has 0 saturated carbocycles. The molecule has 3 atom stereocenters. The number of halogens is 2. The van der Waals surface area contributed by atoms with Gasteiger partial charge in [-0.05, 0) is 39.5 Å². The summed E-state index contributed by atoms with van der Waals surface area (Å²) in [6.07, 6.45) is 7.66. The molecule has 0 rings (SSSR count). The zero-order valence-electron chi connectivity index (χ0n) is 13.0. The van der Waals surface area contributed by atoms with Crippen LogP contribution in [0.15, 0.2) is 0 Å². The van der Waals surface area contributed by atoms with E-state index >= 15 is 0 Å². The molecule has 0 radical (unpaired) electrons. The molecule has 0 aromatic heterocycles. The van der Waals surface area contributed by atoms with Crippen LogP contribution in [0.5, 0.6) is 0 Å². The molecule has 118 valence electrons. The molecule has 2 nitrogen and oxygen atoms in total. The zero-order chi connectivity index (χ0) is 14.2. The Labute approximate surface area is 130 Å². The Morgan fingerprint density at radius 2 is 1.68 bits per heavy atom. The summed E-state index contributed by atoms with van der Waals surface area (Å²) in [6.45, 7) is 8.04. The van der Waals surface area contributed by atoms with E-state index in [4.69, 9.17) is 17.3 Å². The molecule has 19 heavy (non-hydrogen) atoms. The molecule has 0 aliphatic carbocycles. The third kappa shape index (κ3) is 10.9. The first-order valence-corrected chi connectivity index (χ1v) is 7.83. The molecule has 0 aliphatic heterocycles. The predicted molar refractivity (Wildman–Crippen MR) is 88.3 cm³/mol. The second-order valence-corrected chi connectivity index (χ2v) is 6.79. The topological polar surface area (TPSA) is 46.2 Å². The van der Waals surface area contributed by atoms with Crippen LogP contribution in [-0.2, 0) is 0 Å². The van der Waals surface area contributed by atoms with Gasteiger partial charge in [0.25, 0.3) is 0 Å². The monoisotopic (exact) mass is 313 g/mol. The lowest BCUT2D eigenvalue weighted by Gasteiger charge is -2.35. The van der Waals surface area contributed by atoms with Gasteiger partial charge in [0.15, 0.2) is 0 Å². The van der Waals surface area contributed by atoms with Gasteiger partial charge in [-0.15, -0.1) is 24.0 Å². The number of rotatable bonds is 10. The van der Waals surface area contributed by atoms with E-state index in [1.54, 1.807) is 0 Å². The van der Waals surface area contributed by atoms with E-state index < -0.39 is 0 Å². The Hall–Kier alpha value is 0.500. The molecule has 4 heteroatoms. The molecule has 0 bridgehead atoms. The van der Waals surface area contributed by atoms with Crippen LogP contribution in [0.4, 0.5) is 0 Å². The van der Waals surface area contributed by atoms with Crippen molar-refractivity contribution in [2.45, 2.75) is 89.7 Å². The van der Waals surface area contributed by atoms with Gasteiger partial charge in [0.2, 0.25) is 0 Å². The molecule has 0 heterocycles. The van der Waals surface area contributed by atoms with E-state index in [0.29, 0.717) is 6.42 Å². The van der Waals surface area contributed by atoms with Crippen LogP contribution in [0.25, 0.3) is 0 Å². The predicted octanol–water partition coefficient (Wildman–Crippen LogP) is 4.50. The summed E-state index contributed by atoms with van der Waals surface area (Å²) in [4.78, 5) is 0. The molecular weight excluding hydrogens is 281 g/mol. The number of aliphatic hydroxyl groups excluding tert-OH is 1. The van der Waals surface area contributed by atoms with Crippen molar-refractivity contribution in [3.05, 3.63) is 0 Å². The summed E-state index contributed by atoms with van der Waals surface area (Å²) in [7, 11) is 0. The number of unbranched alkanes of at least 4 members (excludes halogenated alkanes) is 4. The summed E-state index contributed by atoms with van der Waals surface area (Å²) < 4.78 is 0. The smallest absolute Gasteiger partial charge is 0.0516 e. The molecule has 0 aromatic carbocycles. The van der Waals surface area contributed by atoms with Crippen molar-refractivity contribution in [2.24, 2.45) is 11.7 Å². The van der Waals surface area contributed by atoms with Crippen LogP contribution in [0, 0.1) is 5.92 Å². The SMILES string of the molecule is CCCCCCCC(Cl)C(CC(C)O)C(C)(C)N.Cl. The number of hydrogen-bond acceptors (Lipinski definition) is 2. The van der Waals surface area contributed by atoms with Crippen molar-refractivity contribution in [1.82, 2.24) is 0 Å². The minimum atomic E-state index is -0.334. The first kappa shape index (κ1) is 21.8. The highest BCUT2D eigenvalue weighted by molar-refractivity contribution is 6.20. The number of alkyl halides is 1. The average molecular weight is 314 g/mol. The Morgan fingerprint density at radius 3 is 2.11 bits per heavy atom. The van der Waals surface area contributed by atoms with Crippen LogP contribution in [0.3, 0.4) is 0 Å². The number of hydrogen-bond donors (Lipinski definition) is 2. The maximum atomic E-state index is 9.56. The fourth-order valence-corrected chi connectivity index (χ4v) is 3.01. The van der Waals surface area contributed by atoms with Crippen LogP contribution in [-0.4, -0.2) is 22.1 Å². The molecule has 3 unspecified atom stereocenters.